The third-order valence-corrected chi connectivity index (χ3v) is 4.14. The summed E-state index contributed by atoms with van der Waals surface area (Å²) >= 11 is 0. The van der Waals surface area contributed by atoms with Crippen molar-refractivity contribution >= 4 is 5.91 Å². The van der Waals surface area contributed by atoms with E-state index in [-0.39, 0.29) is 12.6 Å². The van der Waals surface area contributed by atoms with E-state index < -0.39 is 0 Å². The molecule has 1 aromatic carbocycles. The molecule has 2 rings (SSSR count). The van der Waals surface area contributed by atoms with E-state index in [1.54, 1.807) is 0 Å². The lowest BCUT2D eigenvalue weighted by Crippen LogP contribution is -2.31. The first-order valence-corrected chi connectivity index (χ1v) is 7.70. The van der Waals surface area contributed by atoms with Crippen LogP contribution < -0.4 is 0 Å². The van der Waals surface area contributed by atoms with Crippen molar-refractivity contribution in [3.05, 3.63) is 35.9 Å². The maximum atomic E-state index is 12.1. The van der Waals surface area contributed by atoms with Gasteiger partial charge in [-0.3, -0.25) is 9.18 Å². The molecule has 1 unspecified atom stereocenters. The summed E-state index contributed by atoms with van der Waals surface area (Å²) in [6.07, 6.45) is 5.05. The number of hydrogen-bond donors (Lipinski definition) is 0. The minimum atomic E-state index is -0.246. The van der Waals surface area contributed by atoms with Gasteiger partial charge in [0.15, 0.2) is 0 Å². The van der Waals surface area contributed by atoms with Crippen molar-refractivity contribution in [3.8, 4) is 0 Å². The molecular weight excluding hydrogens is 253 g/mol. The van der Waals surface area contributed by atoms with Crippen molar-refractivity contribution in [3.63, 3.8) is 0 Å². The van der Waals surface area contributed by atoms with Crippen LogP contribution in [0.4, 0.5) is 4.39 Å². The number of unbranched alkanes of at least 4 members (excludes halogenated alkanes) is 2. The molecule has 0 saturated carbocycles. The van der Waals surface area contributed by atoms with Gasteiger partial charge in [0, 0.05) is 19.5 Å². The SMILES string of the molecule is O=C1CCC(c2ccccc2)CCN1CCCCCF. The third-order valence-electron chi connectivity index (χ3n) is 4.14. The summed E-state index contributed by atoms with van der Waals surface area (Å²) in [4.78, 5) is 14.1. The number of hydrogen-bond acceptors (Lipinski definition) is 1. The molecule has 0 bridgehead atoms. The minimum Gasteiger partial charge on any atom is -0.343 e. The van der Waals surface area contributed by atoms with Crippen molar-refractivity contribution in [1.29, 1.82) is 0 Å². The second-order valence-corrected chi connectivity index (χ2v) is 5.57. The molecular formula is C17H24FNO. The van der Waals surface area contributed by atoms with Crippen molar-refractivity contribution in [1.82, 2.24) is 4.90 Å². The van der Waals surface area contributed by atoms with Gasteiger partial charge >= 0.3 is 0 Å². The Bertz CT molecular complexity index is 407. The normalized spacial score (nSPS) is 19.9. The van der Waals surface area contributed by atoms with Crippen molar-refractivity contribution in [2.24, 2.45) is 0 Å². The van der Waals surface area contributed by atoms with E-state index in [1.807, 2.05) is 11.0 Å². The molecule has 3 heteroatoms. The first-order valence-electron chi connectivity index (χ1n) is 7.70. The van der Waals surface area contributed by atoms with Crippen LogP contribution in [0.1, 0.15) is 50.0 Å². The molecule has 1 aromatic rings. The lowest BCUT2D eigenvalue weighted by Gasteiger charge is -2.20. The monoisotopic (exact) mass is 277 g/mol. The van der Waals surface area contributed by atoms with Gasteiger partial charge < -0.3 is 4.90 Å². The Morgan fingerprint density at radius 2 is 1.90 bits per heavy atom. The molecule has 0 aliphatic carbocycles. The van der Waals surface area contributed by atoms with E-state index in [0.717, 1.165) is 38.8 Å². The van der Waals surface area contributed by atoms with E-state index in [0.29, 0.717) is 18.8 Å². The highest BCUT2D eigenvalue weighted by Gasteiger charge is 2.22. The van der Waals surface area contributed by atoms with E-state index in [1.165, 1.54) is 5.56 Å². The van der Waals surface area contributed by atoms with E-state index >= 15 is 0 Å². The average Bonchev–Trinajstić information content (AvgIpc) is 2.67. The Morgan fingerprint density at radius 3 is 2.65 bits per heavy atom. The fourth-order valence-corrected chi connectivity index (χ4v) is 2.91. The predicted molar refractivity (Wildman–Crippen MR) is 79.4 cm³/mol. The summed E-state index contributed by atoms with van der Waals surface area (Å²) in [5.74, 6) is 0.764. The van der Waals surface area contributed by atoms with Crippen molar-refractivity contribution < 1.29 is 9.18 Å². The number of likely N-dealkylation sites (tertiary alicyclic amines) is 1. The maximum absolute atomic E-state index is 12.1. The van der Waals surface area contributed by atoms with Crippen LogP contribution in [0, 0.1) is 0 Å². The van der Waals surface area contributed by atoms with Crippen molar-refractivity contribution in [2.45, 2.75) is 44.4 Å². The molecule has 2 nitrogen and oxygen atoms in total. The molecule has 0 aromatic heterocycles. The molecule has 1 aliphatic heterocycles. The first-order chi connectivity index (χ1) is 9.81. The van der Waals surface area contributed by atoms with Crippen molar-refractivity contribution in [2.75, 3.05) is 19.8 Å². The zero-order chi connectivity index (χ0) is 14.2. The summed E-state index contributed by atoms with van der Waals surface area (Å²) in [5.41, 5.74) is 1.35. The number of rotatable bonds is 6. The summed E-state index contributed by atoms with van der Waals surface area (Å²) in [6, 6.07) is 10.5. The van der Waals surface area contributed by atoms with Crippen LogP contribution in [0.2, 0.25) is 0 Å². The lowest BCUT2D eigenvalue weighted by molar-refractivity contribution is -0.130. The molecule has 1 heterocycles. The summed E-state index contributed by atoms with van der Waals surface area (Å²) < 4.78 is 12.1. The predicted octanol–water partition coefficient (Wildman–Crippen LogP) is 3.92. The first kappa shape index (κ1) is 15.0. The Kier molecular flexibility index (Phi) is 6.03. The molecule has 1 fully saturated rings. The number of carbonyl (C=O) groups is 1. The van der Waals surface area contributed by atoms with E-state index in [2.05, 4.69) is 24.3 Å². The molecule has 1 aliphatic rings. The highest BCUT2D eigenvalue weighted by atomic mass is 19.1. The molecule has 1 atom stereocenters. The summed E-state index contributed by atoms with van der Waals surface area (Å²) in [6.45, 7) is 1.39. The van der Waals surface area contributed by atoms with Gasteiger partial charge in [0.2, 0.25) is 5.91 Å². The fourth-order valence-electron chi connectivity index (χ4n) is 2.91. The van der Waals surface area contributed by atoms with Gasteiger partial charge in [-0.1, -0.05) is 30.3 Å². The highest BCUT2D eigenvalue weighted by Crippen LogP contribution is 2.28. The number of benzene rings is 1. The Hall–Kier alpha value is -1.38. The number of carbonyl (C=O) groups excluding carboxylic acids is 1. The fraction of sp³-hybridized carbons (Fsp3) is 0.588. The van der Waals surface area contributed by atoms with Crippen LogP contribution in [0.25, 0.3) is 0 Å². The number of halogens is 1. The molecule has 1 saturated heterocycles. The van der Waals surface area contributed by atoms with Gasteiger partial charge in [-0.05, 0) is 43.6 Å². The van der Waals surface area contributed by atoms with Gasteiger partial charge in [-0.15, -0.1) is 0 Å². The molecule has 110 valence electrons. The number of amides is 1. The minimum absolute atomic E-state index is 0.246. The summed E-state index contributed by atoms with van der Waals surface area (Å²) in [7, 11) is 0. The Morgan fingerprint density at radius 1 is 1.10 bits per heavy atom. The van der Waals surface area contributed by atoms with E-state index in [4.69, 9.17) is 0 Å². The second kappa shape index (κ2) is 8.03. The Labute approximate surface area is 121 Å². The van der Waals surface area contributed by atoms with Gasteiger partial charge in [0.25, 0.3) is 0 Å². The third kappa shape index (κ3) is 4.32. The molecule has 0 spiro atoms. The van der Waals surface area contributed by atoms with Crippen LogP contribution in [-0.2, 0) is 4.79 Å². The van der Waals surface area contributed by atoms with Crippen LogP contribution in [0.15, 0.2) is 30.3 Å². The van der Waals surface area contributed by atoms with Crippen LogP contribution >= 0.6 is 0 Å². The van der Waals surface area contributed by atoms with Gasteiger partial charge in [-0.25, -0.2) is 0 Å². The van der Waals surface area contributed by atoms with Crippen LogP contribution in [0.3, 0.4) is 0 Å². The average molecular weight is 277 g/mol. The molecule has 0 radical (unpaired) electrons. The van der Waals surface area contributed by atoms with Crippen LogP contribution in [0.5, 0.6) is 0 Å². The largest absolute Gasteiger partial charge is 0.343 e. The molecule has 20 heavy (non-hydrogen) atoms. The van der Waals surface area contributed by atoms with Gasteiger partial charge in [0.1, 0.15) is 0 Å². The second-order valence-electron chi connectivity index (χ2n) is 5.57. The standard InChI is InChI=1S/C17H24FNO/c18-12-5-2-6-13-19-14-11-16(9-10-17(19)20)15-7-3-1-4-8-15/h1,3-4,7-8,16H,2,5-6,9-14H2. The smallest absolute Gasteiger partial charge is 0.222 e. The van der Waals surface area contributed by atoms with Gasteiger partial charge in [-0.2, -0.15) is 0 Å². The van der Waals surface area contributed by atoms with Crippen LogP contribution in [-0.4, -0.2) is 30.6 Å². The molecule has 1 amide bonds. The zero-order valence-corrected chi connectivity index (χ0v) is 12.1. The zero-order valence-electron chi connectivity index (χ0n) is 12.1. The Balaban J connectivity index is 1.85. The maximum Gasteiger partial charge on any atom is 0.222 e. The van der Waals surface area contributed by atoms with E-state index in [9.17, 15) is 9.18 Å². The number of alkyl halides is 1. The summed E-state index contributed by atoms with van der Waals surface area (Å²) in [5, 5.41) is 0. The lowest BCUT2D eigenvalue weighted by atomic mass is 9.92. The topological polar surface area (TPSA) is 20.3 Å². The highest BCUT2D eigenvalue weighted by molar-refractivity contribution is 5.76. The quantitative estimate of drug-likeness (QED) is 0.722. The molecule has 0 N–H and O–H groups in total. The number of nitrogens with zero attached hydrogens (tertiary/aromatic N) is 1. The van der Waals surface area contributed by atoms with Gasteiger partial charge in [0.05, 0.1) is 6.67 Å².